The van der Waals surface area contributed by atoms with Gasteiger partial charge in [-0.25, -0.2) is 8.42 Å². The maximum Gasteiger partial charge on any atom is 0.406 e. The van der Waals surface area contributed by atoms with Crippen molar-refractivity contribution in [1.29, 1.82) is 5.26 Å². The zero-order valence-electron chi connectivity index (χ0n) is 21.1. The predicted octanol–water partition coefficient (Wildman–Crippen LogP) is 4.85. The van der Waals surface area contributed by atoms with E-state index in [1.165, 1.54) is 0 Å². The zero-order chi connectivity index (χ0) is 27.6. The Morgan fingerprint density at radius 3 is 2.53 bits per heavy atom. The van der Waals surface area contributed by atoms with E-state index in [4.69, 9.17) is 0 Å². The van der Waals surface area contributed by atoms with Gasteiger partial charge in [0, 0.05) is 17.1 Å². The number of aromatic nitrogens is 2. The largest absolute Gasteiger partial charge is 0.406 e. The highest BCUT2D eigenvalue weighted by atomic mass is 32.2. The first-order valence-electron chi connectivity index (χ1n) is 12.1. The number of alkyl halides is 3. The summed E-state index contributed by atoms with van der Waals surface area (Å²) in [6, 6.07) is 12.4. The van der Waals surface area contributed by atoms with Crippen LogP contribution in [-0.2, 0) is 21.8 Å². The highest BCUT2D eigenvalue weighted by Gasteiger charge is 2.30. The minimum atomic E-state index is -4.44. The quantitative estimate of drug-likeness (QED) is 0.431. The molecule has 1 aromatic carbocycles. The summed E-state index contributed by atoms with van der Waals surface area (Å²) in [7, 11) is -3.03. The van der Waals surface area contributed by atoms with Crippen LogP contribution in [-0.4, -0.2) is 48.2 Å². The zero-order valence-corrected chi connectivity index (χ0v) is 21.9. The lowest BCUT2D eigenvalue weighted by Gasteiger charge is -2.24. The number of nitriles is 1. The van der Waals surface area contributed by atoms with Gasteiger partial charge in [0.2, 0.25) is 0 Å². The van der Waals surface area contributed by atoms with Crippen molar-refractivity contribution >= 4 is 32.1 Å². The molecule has 1 fully saturated rings. The number of anilines is 2. The van der Waals surface area contributed by atoms with Crippen LogP contribution >= 0.6 is 0 Å². The first kappa shape index (κ1) is 27.3. The van der Waals surface area contributed by atoms with Crippen LogP contribution in [0, 0.1) is 23.2 Å². The second-order valence-corrected chi connectivity index (χ2v) is 12.2. The van der Waals surface area contributed by atoms with Crippen LogP contribution in [0.3, 0.4) is 0 Å². The molecular formula is C27H28F3N5O2S. The van der Waals surface area contributed by atoms with Gasteiger partial charge in [0.15, 0.2) is 0 Å². The number of hydrogen-bond acceptors (Lipinski definition) is 6. The molecule has 200 valence electrons. The topological polar surface area (TPSA) is 99.8 Å². The molecule has 38 heavy (non-hydrogen) atoms. The Balaban J connectivity index is 1.55. The highest BCUT2D eigenvalue weighted by molar-refractivity contribution is 7.91. The molecule has 0 aliphatic carbocycles. The van der Waals surface area contributed by atoms with Crippen LogP contribution in [0.1, 0.15) is 38.1 Å². The molecule has 1 aliphatic rings. The Labute approximate surface area is 220 Å². The monoisotopic (exact) mass is 543 g/mol. The number of sulfone groups is 1. The van der Waals surface area contributed by atoms with Gasteiger partial charge in [-0.1, -0.05) is 12.0 Å². The Morgan fingerprint density at radius 2 is 1.89 bits per heavy atom. The Kier molecular flexibility index (Phi) is 7.61. The summed E-state index contributed by atoms with van der Waals surface area (Å²) in [5, 5.41) is 16.2. The SMILES string of the molecule is CC(C)(C#N)c1ccc(NCC#Cc2cc3c(NC4CCS(=O)(=O)CC4)cccc3n2CC(F)(F)F)cn1. The van der Waals surface area contributed by atoms with Crippen molar-refractivity contribution in [2.75, 3.05) is 28.7 Å². The minimum absolute atomic E-state index is 0.0763. The molecule has 0 spiro atoms. The van der Waals surface area contributed by atoms with Gasteiger partial charge < -0.3 is 15.2 Å². The van der Waals surface area contributed by atoms with Crippen LogP contribution in [0.15, 0.2) is 42.6 Å². The normalized spacial score (nSPS) is 15.9. The lowest BCUT2D eigenvalue weighted by Crippen LogP contribution is -2.32. The van der Waals surface area contributed by atoms with Crippen molar-refractivity contribution in [3.05, 3.63) is 54.0 Å². The lowest BCUT2D eigenvalue weighted by molar-refractivity contribution is -0.140. The Bertz CT molecular complexity index is 1510. The van der Waals surface area contributed by atoms with Crippen molar-refractivity contribution in [1.82, 2.24) is 9.55 Å². The predicted molar refractivity (Wildman–Crippen MR) is 142 cm³/mol. The van der Waals surface area contributed by atoms with Gasteiger partial charge in [-0.05, 0) is 62.9 Å². The minimum Gasteiger partial charge on any atom is -0.382 e. The molecule has 0 amide bonds. The van der Waals surface area contributed by atoms with Crippen molar-refractivity contribution < 1.29 is 21.6 Å². The molecule has 2 aromatic heterocycles. The number of halogens is 3. The fourth-order valence-corrected chi connectivity index (χ4v) is 5.82. The third kappa shape index (κ3) is 6.59. The number of fused-ring (bicyclic) bond motifs is 1. The Hall–Kier alpha value is -3.70. The van der Waals surface area contributed by atoms with Gasteiger partial charge in [0.25, 0.3) is 0 Å². The Morgan fingerprint density at radius 1 is 1.16 bits per heavy atom. The van der Waals surface area contributed by atoms with Crippen molar-refractivity contribution in [3.8, 4) is 17.9 Å². The van der Waals surface area contributed by atoms with E-state index in [2.05, 4.69) is 33.5 Å². The maximum atomic E-state index is 13.4. The number of hydrogen-bond donors (Lipinski definition) is 2. The third-order valence-electron chi connectivity index (χ3n) is 6.48. The molecule has 0 saturated carbocycles. The van der Waals surface area contributed by atoms with E-state index in [-0.39, 0.29) is 29.8 Å². The molecule has 1 saturated heterocycles. The van der Waals surface area contributed by atoms with Crippen LogP contribution in [0.4, 0.5) is 24.5 Å². The molecule has 2 N–H and O–H groups in total. The van der Waals surface area contributed by atoms with E-state index < -0.39 is 28.0 Å². The van der Waals surface area contributed by atoms with E-state index in [9.17, 15) is 26.9 Å². The van der Waals surface area contributed by atoms with E-state index in [1.54, 1.807) is 56.4 Å². The molecule has 11 heteroatoms. The van der Waals surface area contributed by atoms with Crippen molar-refractivity contribution in [2.45, 2.75) is 50.9 Å². The molecule has 0 unspecified atom stereocenters. The molecule has 3 heterocycles. The molecule has 0 atom stereocenters. The molecule has 7 nitrogen and oxygen atoms in total. The van der Waals surface area contributed by atoms with E-state index in [0.29, 0.717) is 40.8 Å². The first-order valence-corrected chi connectivity index (χ1v) is 14.0. The molecule has 3 aromatic rings. The molecule has 4 rings (SSSR count). The van der Waals surface area contributed by atoms with Crippen LogP contribution in [0.5, 0.6) is 0 Å². The smallest absolute Gasteiger partial charge is 0.382 e. The second-order valence-electron chi connectivity index (χ2n) is 9.86. The first-order chi connectivity index (χ1) is 17.9. The molecular weight excluding hydrogens is 515 g/mol. The molecule has 0 bridgehead atoms. The summed E-state index contributed by atoms with van der Waals surface area (Å²) >= 11 is 0. The number of rotatable bonds is 6. The summed E-state index contributed by atoms with van der Waals surface area (Å²) in [5.74, 6) is 5.93. The summed E-state index contributed by atoms with van der Waals surface area (Å²) in [6.07, 6.45) is -1.95. The summed E-state index contributed by atoms with van der Waals surface area (Å²) in [5.41, 5.74) is 1.87. The average Bonchev–Trinajstić information content (AvgIpc) is 3.20. The summed E-state index contributed by atoms with van der Waals surface area (Å²) in [6.45, 7) is 2.54. The fourth-order valence-electron chi connectivity index (χ4n) is 4.32. The molecule has 1 aliphatic heterocycles. The van der Waals surface area contributed by atoms with E-state index in [0.717, 1.165) is 4.57 Å². The maximum absolute atomic E-state index is 13.4. The standard InChI is InChI=1S/C27H28F3N5O2S/c1-26(2,17-31)25-9-8-20(16-33-25)32-12-4-5-21-15-22-23(34-19-10-13-38(36,37)14-11-19)6-3-7-24(22)35(21)18-27(28,29)30/h3,6-9,15-16,19,32,34H,10-14,18H2,1-2H3. The number of benzene rings is 1. The van der Waals surface area contributed by atoms with E-state index >= 15 is 0 Å². The van der Waals surface area contributed by atoms with Crippen LogP contribution < -0.4 is 10.6 Å². The highest BCUT2D eigenvalue weighted by Crippen LogP contribution is 2.31. The van der Waals surface area contributed by atoms with E-state index in [1.807, 2.05) is 0 Å². The van der Waals surface area contributed by atoms with Crippen molar-refractivity contribution in [3.63, 3.8) is 0 Å². The van der Waals surface area contributed by atoms with Crippen LogP contribution in [0.2, 0.25) is 0 Å². The van der Waals surface area contributed by atoms with Gasteiger partial charge in [-0.2, -0.15) is 18.4 Å². The van der Waals surface area contributed by atoms with Gasteiger partial charge >= 0.3 is 6.18 Å². The lowest BCUT2D eigenvalue weighted by atomic mass is 9.91. The molecule has 0 radical (unpaired) electrons. The fraction of sp³-hybridized carbons (Fsp3) is 0.407. The number of nitrogens with one attached hydrogen (secondary N) is 2. The van der Waals surface area contributed by atoms with Gasteiger partial charge in [0.05, 0.1) is 58.3 Å². The summed E-state index contributed by atoms with van der Waals surface area (Å²) in [4.78, 5) is 4.30. The summed E-state index contributed by atoms with van der Waals surface area (Å²) < 4.78 is 65.0. The van der Waals surface area contributed by atoms with Gasteiger partial charge in [0.1, 0.15) is 16.4 Å². The number of pyridine rings is 1. The second kappa shape index (κ2) is 10.6. The van der Waals surface area contributed by atoms with Gasteiger partial charge in [-0.3, -0.25) is 4.98 Å². The van der Waals surface area contributed by atoms with Crippen LogP contribution in [0.25, 0.3) is 10.9 Å². The third-order valence-corrected chi connectivity index (χ3v) is 8.19. The number of nitrogens with zero attached hydrogens (tertiary/aromatic N) is 3. The average molecular weight is 544 g/mol. The van der Waals surface area contributed by atoms with Gasteiger partial charge in [-0.15, -0.1) is 0 Å². The van der Waals surface area contributed by atoms with Crippen molar-refractivity contribution in [2.24, 2.45) is 0 Å².